The van der Waals surface area contributed by atoms with Crippen molar-refractivity contribution in [1.29, 1.82) is 0 Å². The number of piperidine rings is 1. The van der Waals surface area contributed by atoms with Gasteiger partial charge in [-0.05, 0) is 57.7 Å². The van der Waals surface area contributed by atoms with E-state index in [-0.39, 0.29) is 23.2 Å². The number of carbonyl (C=O) groups is 1. The van der Waals surface area contributed by atoms with E-state index in [1.54, 1.807) is 7.11 Å². The van der Waals surface area contributed by atoms with Crippen molar-refractivity contribution in [1.82, 2.24) is 10.2 Å². The summed E-state index contributed by atoms with van der Waals surface area (Å²) in [4.78, 5) is 15.1. The minimum atomic E-state index is -1.07. The summed E-state index contributed by atoms with van der Waals surface area (Å²) in [5, 5.41) is 16.6. The number of fused-ring (bicyclic) bond motifs is 1. The molecule has 196 valence electrons. The molecule has 1 amide bonds. The first-order valence-electron chi connectivity index (χ1n) is 13.3. The molecule has 0 aliphatic carbocycles. The van der Waals surface area contributed by atoms with E-state index in [4.69, 9.17) is 9.15 Å². The number of unbranched alkanes of at least 4 members (excludes halogenated alkanes) is 1. The molecule has 3 rings (SSSR count). The van der Waals surface area contributed by atoms with Gasteiger partial charge in [-0.25, -0.2) is 0 Å². The lowest BCUT2D eigenvalue weighted by atomic mass is 9.73. The molecule has 1 saturated heterocycles. The van der Waals surface area contributed by atoms with Crippen molar-refractivity contribution in [2.24, 2.45) is 11.8 Å². The molecule has 1 fully saturated rings. The maximum absolute atomic E-state index is 13.1. The number of likely N-dealkylation sites (tertiary alicyclic amines) is 1. The zero-order valence-corrected chi connectivity index (χ0v) is 22.7. The number of furan rings is 1. The van der Waals surface area contributed by atoms with Crippen LogP contribution in [-0.4, -0.2) is 56.3 Å². The van der Waals surface area contributed by atoms with E-state index in [9.17, 15) is 9.90 Å². The highest BCUT2D eigenvalue weighted by molar-refractivity contribution is 5.82. The van der Waals surface area contributed by atoms with Gasteiger partial charge in [-0.15, -0.1) is 0 Å². The van der Waals surface area contributed by atoms with Crippen LogP contribution in [0.25, 0.3) is 11.0 Å². The highest BCUT2D eigenvalue weighted by atomic mass is 16.5. The van der Waals surface area contributed by atoms with Crippen LogP contribution in [0.15, 0.2) is 28.7 Å². The molecule has 35 heavy (non-hydrogen) atoms. The second-order valence-electron chi connectivity index (χ2n) is 11.5. The van der Waals surface area contributed by atoms with Crippen LogP contribution in [0.5, 0.6) is 0 Å². The van der Waals surface area contributed by atoms with Crippen molar-refractivity contribution in [3.63, 3.8) is 0 Å². The molecule has 1 aromatic carbocycles. The van der Waals surface area contributed by atoms with Gasteiger partial charge in [-0.1, -0.05) is 45.9 Å². The van der Waals surface area contributed by atoms with Crippen LogP contribution >= 0.6 is 0 Å². The summed E-state index contributed by atoms with van der Waals surface area (Å²) in [6.07, 6.45) is 4.67. The molecule has 0 unspecified atom stereocenters. The highest BCUT2D eigenvalue weighted by Gasteiger charge is 2.43. The van der Waals surface area contributed by atoms with E-state index < -0.39 is 5.60 Å². The third kappa shape index (κ3) is 6.66. The number of nitrogens with one attached hydrogen (secondary N) is 1. The third-order valence-electron chi connectivity index (χ3n) is 7.43. The largest absolute Gasteiger partial charge is 0.460 e. The summed E-state index contributed by atoms with van der Waals surface area (Å²) in [6, 6.07) is 8.20. The Hall–Kier alpha value is -1.89. The van der Waals surface area contributed by atoms with Gasteiger partial charge in [0.1, 0.15) is 11.3 Å². The lowest BCUT2D eigenvalue weighted by Crippen LogP contribution is -2.48. The zero-order valence-electron chi connectivity index (χ0n) is 22.7. The van der Waals surface area contributed by atoms with Crippen LogP contribution in [-0.2, 0) is 20.5 Å². The fourth-order valence-electron chi connectivity index (χ4n) is 5.41. The van der Waals surface area contributed by atoms with Crippen molar-refractivity contribution >= 4 is 16.9 Å². The van der Waals surface area contributed by atoms with Gasteiger partial charge in [0.25, 0.3) is 0 Å². The van der Waals surface area contributed by atoms with Crippen molar-refractivity contribution in [2.45, 2.75) is 77.2 Å². The Bertz CT molecular complexity index is 963. The van der Waals surface area contributed by atoms with Gasteiger partial charge in [0.2, 0.25) is 5.91 Å². The summed E-state index contributed by atoms with van der Waals surface area (Å²) in [5.74, 6) is 1.34. The van der Waals surface area contributed by atoms with Crippen molar-refractivity contribution in [2.75, 3.05) is 40.4 Å². The second-order valence-corrected chi connectivity index (χ2v) is 11.5. The normalized spacial score (nSPS) is 19.6. The molecule has 6 heteroatoms. The van der Waals surface area contributed by atoms with E-state index in [2.05, 4.69) is 45.1 Å². The molecule has 1 aliphatic heterocycles. The van der Waals surface area contributed by atoms with Crippen molar-refractivity contribution < 1.29 is 19.1 Å². The number of benzene rings is 1. The first-order chi connectivity index (χ1) is 16.6. The Morgan fingerprint density at radius 2 is 2.09 bits per heavy atom. The minimum Gasteiger partial charge on any atom is -0.460 e. The van der Waals surface area contributed by atoms with Crippen LogP contribution in [0, 0.1) is 11.8 Å². The summed E-state index contributed by atoms with van der Waals surface area (Å²) < 4.78 is 11.7. The molecule has 1 aliphatic rings. The molecule has 0 spiro atoms. The molecule has 2 aromatic rings. The summed E-state index contributed by atoms with van der Waals surface area (Å²) in [6.45, 7) is 11.4. The average molecular weight is 487 g/mol. The van der Waals surface area contributed by atoms with Crippen LogP contribution in [0.1, 0.15) is 77.5 Å². The molecule has 2 N–H and O–H groups in total. The number of carbonyl (C=O) groups excluding carboxylic acids is 1. The lowest BCUT2D eigenvalue weighted by Gasteiger charge is -2.43. The quantitative estimate of drug-likeness (QED) is 0.426. The topological polar surface area (TPSA) is 74.9 Å². The lowest BCUT2D eigenvalue weighted by molar-refractivity contribution is -0.137. The number of ether oxygens (including phenoxy) is 1. The van der Waals surface area contributed by atoms with Gasteiger partial charge < -0.3 is 24.5 Å². The Morgan fingerprint density at radius 1 is 1.31 bits per heavy atom. The van der Waals surface area contributed by atoms with E-state index >= 15 is 0 Å². The van der Waals surface area contributed by atoms with Crippen molar-refractivity contribution in [3.8, 4) is 0 Å². The van der Waals surface area contributed by atoms with Crippen LogP contribution in [0.3, 0.4) is 0 Å². The summed E-state index contributed by atoms with van der Waals surface area (Å²) in [7, 11) is 3.63. The number of methoxy groups -OCH3 is 1. The SMILES string of the molecule is CNC[C@H](C)CC(=O)N1CCC[C@@H]([C@@](O)(CCCCOC)c2cccc3cc(C(C)(C)C)oc23)C1. The van der Waals surface area contributed by atoms with Gasteiger partial charge >= 0.3 is 0 Å². The molecule has 0 bridgehead atoms. The number of hydrogen-bond donors (Lipinski definition) is 2. The first-order valence-corrected chi connectivity index (χ1v) is 13.3. The monoisotopic (exact) mass is 486 g/mol. The number of aliphatic hydroxyl groups is 1. The van der Waals surface area contributed by atoms with E-state index in [1.807, 2.05) is 24.1 Å². The van der Waals surface area contributed by atoms with Crippen LogP contribution in [0.2, 0.25) is 0 Å². The van der Waals surface area contributed by atoms with Gasteiger partial charge in [-0.2, -0.15) is 0 Å². The summed E-state index contributed by atoms with van der Waals surface area (Å²) in [5.41, 5.74) is 0.435. The Labute approximate surface area is 211 Å². The van der Waals surface area contributed by atoms with Crippen LogP contribution in [0.4, 0.5) is 0 Å². The fourth-order valence-corrected chi connectivity index (χ4v) is 5.41. The Kier molecular flexibility index (Phi) is 9.41. The first kappa shape index (κ1) is 27.7. The number of para-hydroxylation sites is 1. The molecule has 1 aromatic heterocycles. The van der Waals surface area contributed by atoms with Gasteiger partial charge in [0, 0.05) is 55.5 Å². The number of hydrogen-bond acceptors (Lipinski definition) is 5. The maximum Gasteiger partial charge on any atom is 0.222 e. The number of rotatable bonds is 11. The molecule has 0 saturated carbocycles. The minimum absolute atomic E-state index is 0.0452. The van der Waals surface area contributed by atoms with Gasteiger partial charge in [-0.3, -0.25) is 4.79 Å². The van der Waals surface area contributed by atoms with E-state index in [1.165, 1.54) is 0 Å². The zero-order chi connectivity index (χ0) is 25.6. The van der Waals surface area contributed by atoms with Crippen LogP contribution < -0.4 is 5.32 Å². The average Bonchev–Trinajstić information content (AvgIpc) is 3.27. The van der Waals surface area contributed by atoms with Gasteiger partial charge in [0.15, 0.2) is 0 Å². The predicted octanol–water partition coefficient (Wildman–Crippen LogP) is 5.22. The molecule has 0 radical (unpaired) electrons. The fraction of sp³-hybridized carbons (Fsp3) is 0.690. The molecule has 3 atom stereocenters. The van der Waals surface area contributed by atoms with E-state index in [0.29, 0.717) is 26.0 Å². The predicted molar refractivity (Wildman–Crippen MR) is 142 cm³/mol. The Balaban J connectivity index is 1.93. The molecular formula is C29H46N2O4. The van der Waals surface area contributed by atoms with E-state index in [0.717, 1.165) is 61.1 Å². The molecule has 6 nitrogen and oxygen atoms in total. The van der Waals surface area contributed by atoms with Gasteiger partial charge in [0.05, 0.1) is 5.60 Å². The molecular weight excluding hydrogens is 440 g/mol. The maximum atomic E-state index is 13.1. The third-order valence-corrected chi connectivity index (χ3v) is 7.43. The smallest absolute Gasteiger partial charge is 0.222 e. The standard InChI is InChI=1S/C29H46N2O4/c1-21(19-30-5)17-26(32)31-15-10-12-23(20-31)29(33,14-7-8-16-34-6)24-13-9-11-22-18-25(28(2,3)4)35-27(22)24/h9,11,13,18,21,23,30,33H,7-8,10,12,14-17,19-20H2,1-6H3/t21-,23-,29+/m1/s1. The number of nitrogens with zero attached hydrogens (tertiary/aromatic N) is 1. The Morgan fingerprint density at radius 3 is 2.77 bits per heavy atom. The molecule has 2 heterocycles. The summed E-state index contributed by atoms with van der Waals surface area (Å²) >= 11 is 0. The van der Waals surface area contributed by atoms with Crippen molar-refractivity contribution in [3.05, 3.63) is 35.6 Å². The second kappa shape index (κ2) is 11.9. The highest BCUT2D eigenvalue weighted by Crippen LogP contribution is 2.44. The number of amides is 1.